The van der Waals surface area contributed by atoms with Crippen molar-refractivity contribution in [3.8, 4) is 11.5 Å². The Kier molecular flexibility index (Phi) is 5.12. The summed E-state index contributed by atoms with van der Waals surface area (Å²) < 4.78 is 15.7. The lowest BCUT2D eigenvalue weighted by Gasteiger charge is -2.21. The molecule has 0 radical (unpaired) electrons. The molecular weight excluding hydrogens is 350 g/mol. The van der Waals surface area contributed by atoms with E-state index in [9.17, 15) is 14.4 Å². The van der Waals surface area contributed by atoms with Crippen LogP contribution in [0.25, 0.3) is 0 Å². The van der Waals surface area contributed by atoms with E-state index in [0.29, 0.717) is 28.2 Å². The number of nitrogens with zero attached hydrogens (tertiary/aromatic N) is 1. The first kappa shape index (κ1) is 18.4. The molecule has 0 saturated carbocycles. The average Bonchev–Trinajstić information content (AvgIpc) is 2.96. The van der Waals surface area contributed by atoms with Crippen LogP contribution in [0, 0.1) is 0 Å². The summed E-state index contributed by atoms with van der Waals surface area (Å²) in [6.07, 6.45) is 0. The second-order valence-corrected chi connectivity index (χ2v) is 6.00. The Hall–Kier alpha value is -3.35. The lowest BCUT2D eigenvalue weighted by Crippen LogP contribution is -2.43. The topological polar surface area (TPSA) is 82.1 Å². The zero-order valence-corrected chi connectivity index (χ0v) is 15.2. The predicted octanol–water partition coefficient (Wildman–Crippen LogP) is 2.43. The second-order valence-electron chi connectivity index (χ2n) is 6.00. The molecule has 2 amide bonds. The molecule has 0 bridgehead atoms. The largest absolute Gasteiger partial charge is 0.493 e. The van der Waals surface area contributed by atoms with Gasteiger partial charge < -0.3 is 14.2 Å². The molecule has 1 aliphatic rings. The first-order valence-electron chi connectivity index (χ1n) is 8.32. The summed E-state index contributed by atoms with van der Waals surface area (Å²) in [5.41, 5.74) is 1.28. The second kappa shape index (κ2) is 7.49. The highest BCUT2D eigenvalue weighted by atomic mass is 16.5. The highest BCUT2D eigenvalue weighted by molar-refractivity contribution is 6.22. The smallest absolute Gasteiger partial charge is 0.329 e. The van der Waals surface area contributed by atoms with Crippen molar-refractivity contribution in [1.82, 2.24) is 4.90 Å². The van der Waals surface area contributed by atoms with E-state index in [1.54, 1.807) is 42.5 Å². The van der Waals surface area contributed by atoms with E-state index < -0.39 is 23.8 Å². The number of hydrogen-bond acceptors (Lipinski definition) is 6. The normalized spacial score (nSPS) is 14.0. The maximum atomic E-state index is 12.4. The zero-order chi connectivity index (χ0) is 19.6. The van der Waals surface area contributed by atoms with Crippen LogP contribution in [-0.2, 0) is 16.1 Å². The minimum atomic E-state index is -1.03. The van der Waals surface area contributed by atoms with Gasteiger partial charge in [-0.05, 0) is 36.8 Å². The molecule has 0 spiro atoms. The van der Waals surface area contributed by atoms with E-state index in [2.05, 4.69) is 0 Å². The summed E-state index contributed by atoms with van der Waals surface area (Å²) >= 11 is 0. The van der Waals surface area contributed by atoms with Crippen molar-refractivity contribution in [1.29, 1.82) is 0 Å². The lowest BCUT2D eigenvalue weighted by molar-refractivity contribution is -0.149. The van der Waals surface area contributed by atoms with E-state index in [4.69, 9.17) is 14.2 Å². The van der Waals surface area contributed by atoms with Crippen LogP contribution in [0.3, 0.4) is 0 Å². The molecule has 1 atom stereocenters. The first-order valence-corrected chi connectivity index (χ1v) is 8.32. The summed E-state index contributed by atoms with van der Waals surface area (Å²) in [6, 6.07) is 10.6. The van der Waals surface area contributed by atoms with Crippen LogP contribution in [0.5, 0.6) is 11.5 Å². The number of carbonyl (C=O) groups is 3. The first-order chi connectivity index (χ1) is 13.0. The van der Waals surface area contributed by atoms with Gasteiger partial charge in [-0.3, -0.25) is 14.5 Å². The van der Waals surface area contributed by atoms with Gasteiger partial charge in [-0.15, -0.1) is 0 Å². The van der Waals surface area contributed by atoms with Gasteiger partial charge in [-0.1, -0.05) is 18.2 Å². The maximum Gasteiger partial charge on any atom is 0.329 e. The van der Waals surface area contributed by atoms with Crippen LogP contribution >= 0.6 is 0 Å². The monoisotopic (exact) mass is 369 g/mol. The van der Waals surface area contributed by atoms with Crippen molar-refractivity contribution in [3.63, 3.8) is 0 Å². The number of hydrogen-bond donors (Lipinski definition) is 0. The van der Waals surface area contributed by atoms with Crippen molar-refractivity contribution in [2.24, 2.45) is 0 Å². The summed E-state index contributed by atoms with van der Waals surface area (Å²) in [7, 11) is 3.04. The summed E-state index contributed by atoms with van der Waals surface area (Å²) in [5, 5.41) is 0. The van der Waals surface area contributed by atoms with Gasteiger partial charge in [0.05, 0.1) is 25.3 Å². The van der Waals surface area contributed by atoms with E-state index in [1.807, 2.05) is 0 Å². The molecule has 0 aliphatic carbocycles. The van der Waals surface area contributed by atoms with Crippen LogP contribution in [-0.4, -0.2) is 42.9 Å². The van der Waals surface area contributed by atoms with Gasteiger partial charge in [0.2, 0.25) is 0 Å². The van der Waals surface area contributed by atoms with E-state index >= 15 is 0 Å². The number of fused-ring (bicyclic) bond motifs is 1. The molecule has 1 aliphatic heterocycles. The number of carbonyl (C=O) groups excluding carboxylic acids is 3. The maximum absolute atomic E-state index is 12.4. The molecule has 0 N–H and O–H groups in total. The Morgan fingerprint density at radius 3 is 2.11 bits per heavy atom. The Morgan fingerprint density at radius 1 is 0.963 bits per heavy atom. The van der Waals surface area contributed by atoms with Gasteiger partial charge in [-0.25, -0.2) is 4.79 Å². The molecule has 2 aromatic carbocycles. The average molecular weight is 369 g/mol. The summed E-state index contributed by atoms with van der Waals surface area (Å²) in [5.74, 6) is -0.581. The van der Waals surface area contributed by atoms with Crippen LogP contribution in [0.2, 0.25) is 0 Å². The molecule has 3 rings (SSSR count). The molecule has 1 unspecified atom stereocenters. The van der Waals surface area contributed by atoms with Crippen LogP contribution in [0.4, 0.5) is 0 Å². The number of ether oxygens (including phenoxy) is 3. The SMILES string of the molecule is COc1ccc(COC(=O)C(C)N2C(=O)c3ccccc3C2=O)cc1OC. The number of rotatable bonds is 6. The Bertz CT molecular complexity index is 872. The van der Waals surface area contributed by atoms with Gasteiger partial charge in [0, 0.05) is 0 Å². The summed E-state index contributed by atoms with van der Waals surface area (Å²) in [6.45, 7) is 1.45. The lowest BCUT2D eigenvalue weighted by atomic mass is 10.1. The minimum absolute atomic E-state index is 0.0211. The third kappa shape index (κ3) is 3.36. The van der Waals surface area contributed by atoms with E-state index in [0.717, 1.165) is 4.90 Å². The minimum Gasteiger partial charge on any atom is -0.493 e. The van der Waals surface area contributed by atoms with Gasteiger partial charge in [-0.2, -0.15) is 0 Å². The molecule has 0 aromatic heterocycles. The highest BCUT2D eigenvalue weighted by Gasteiger charge is 2.41. The number of amides is 2. The van der Waals surface area contributed by atoms with E-state index in [1.165, 1.54) is 21.1 Å². The van der Waals surface area contributed by atoms with Crippen molar-refractivity contribution in [3.05, 3.63) is 59.2 Å². The Morgan fingerprint density at radius 2 is 1.56 bits per heavy atom. The quantitative estimate of drug-likeness (QED) is 0.575. The van der Waals surface area contributed by atoms with Gasteiger partial charge in [0.15, 0.2) is 11.5 Å². The van der Waals surface area contributed by atoms with Crippen LogP contribution < -0.4 is 9.47 Å². The molecule has 7 heteroatoms. The summed E-state index contributed by atoms with van der Waals surface area (Å²) in [4.78, 5) is 38.2. The molecule has 0 fully saturated rings. The van der Waals surface area contributed by atoms with Crippen molar-refractivity contribution in [2.45, 2.75) is 19.6 Å². The van der Waals surface area contributed by atoms with Crippen molar-refractivity contribution >= 4 is 17.8 Å². The molecule has 27 heavy (non-hydrogen) atoms. The molecule has 1 heterocycles. The van der Waals surface area contributed by atoms with Gasteiger partial charge in [0.1, 0.15) is 12.6 Å². The van der Waals surface area contributed by atoms with Crippen LogP contribution in [0.1, 0.15) is 33.2 Å². The highest BCUT2D eigenvalue weighted by Crippen LogP contribution is 2.28. The van der Waals surface area contributed by atoms with E-state index in [-0.39, 0.29) is 6.61 Å². The predicted molar refractivity (Wildman–Crippen MR) is 95.7 cm³/mol. The zero-order valence-electron chi connectivity index (χ0n) is 15.2. The van der Waals surface area contributed by atoms with Crippen LogP contribution in [0.15, 0.2) is 42.5 Å². The molecular formula is C20H19NO6. The molecule has 7 nitrogen and oxygen atoms in total. The van der Waals surface area contributed by atoms with Gasteiger partial charge in [0.25, 0.3) is 11.8 Å². The number of esters is 1. The third-order valence-electron chi connectivity index (χ3n) is 4.38. The number of benzene rings is 2. The standard InChI is InChI=1S/C20H19NO6/c1-12(21-18(22)14-6-4-5-7-15(14)19(21)23)20(24)27-11-13-8-9-16(25-2)17(10-13)26-3/h4-10,12H,11H2,1-3H3. The number of imide groups is 1. The van der Waals surface area contributed by atoms with Gasteiger partial charge >= 0.3 is 5.97 Å². The molecule has 0 saturated heterocycles. The van der Waals surface area contributed by atoms with Crippen molar-refractivity contribution < 1.29 is 28.6 Å². The fourth-order valence-corrected chi connectivity index (χ4v) is 2.91. The Labute approximate surface area is 156 Å². The Balaban J connectivity index is 1.69. The molecule has 2 aromatic rings. The third-order valence-corrected chi connectivity index (χ3v) is 4.38. The fourth-order valence-electron chi connectivity index (χ4n) is 2.91. The van der Waals surface area contributed by atoms with Crippen molar-refractivity contribution in [2.75, 3.05) is 14.2 Å². The molecule has 140 valence electrons. The fraction of sp³-hybridized carbons (Fsp3) is 0.250. The number of methoxy groups -OCH3 is 2.